The molecule has 7 heteroatoms. The van der Waals surface area contributed by atoms with Gasteiger partial charge < -0.3 is 10.2 Å². The van der Waals surface area contributed by atoms with Crippen molar-refractivity contribution in [2.24, 2.45) is 0 Å². The first-order valence-electron chi connectivity index (χ1n) is 8.11. The summed E-state index contributed by atoms with van der Waals surface area (Å²) >= 11 is 0. The van der Waals surface area contributed by atoms with E-state index in [-0.39, 0.29) is 23.5 Å². The molecule has 0 saturated carbocycles. The number of amides is 1. The molecule has 0 radical (unpaired) electrons. The number of anilines is 2. The third kappa shape index (κ3) is 4.17. The molecule has 1 atom stereocenters. The van der Waals surface area contributed by atoms with E-state index in [2.05, 4.69) is 10.3 Å². The molecule has 2 aromatic rings. The van der Waals surface area contributed by atoms with Crippen molar-refractivity contribution in [3.8, 4) is 0 Å². The molecule has 1 N–H and O–H groups in total. The molecule has 3 rings (SSSR count). The zero-order valence-corrected chi connectivity index (χ0v) is 15.1. The van der Waals surface area contributed by atoms with E-state index >= 15 is 0 Å². The molecule has 25 heavy (non-hydrogen) atoms. The van der Waals surface area contributed by atoms with Crippen LogP contribution < -0.4 is 10.2 Å². The first-order valence-corrected chi connectivity index (χ1v) is 9.93. The topological polar surface area (TPSA) is 79.4 Å². The highest BCUT2D eigenvalue weighted by atomic mass is 32.2. The molecule has 1 fully saturated rings. The number of carbonyl (C=O) groups excluding carboxylic acids is 1. The summed E-state index contributed by atoms with van der Waals surface area (Å²) in [5, 5.41) is 2.82. The van der Waals surface area contributed by atoms with Crippen molar-refractivity contribution in [2.45, 2.75) is 19.4 Å². The molecule has 1 unspecified atom stereocenters. The molecule has 1 saturated heterocycles. The normalized spacial score (nSPS) is 18.7. The van der Waals surface area contributed by atoms with E-state index in [0.29, 0.717) is 23.5 Å². The lowest BCUT2D eigenvalue weighted by atomic mass is 10.1. The Morgan fingerprint density at radius 1 is 1.28 bits per heavy atom. The van der Waals surface area contributed by atoms with Crippen LogP contribution in [0.25, 0.3) is 0 Å². The van der Waals surface area contributed by atoms with Gasteiger partial charge in [0.1, 0.15) is 5.82 Å². The van der Waals surface area contributed by atoms with Gasteiger partial charge in [-0.3, -0.25) is 4.79 Å². The Kier molecular flexibility index (Phi) is 4.76. The van der Waals surface area contributed by atoms with Crippen molar-refractivity contribution in [3.05, 3.63) is 53.7 Å². The number of pyridine rings is 1. The predicted octanol–water partition coefficient (Wildman–Crippen LogP) is 2.27. The second-order valence-electron chi connectivity index (χ2n) is 6.40. The van der Waals surface area contributed by atoms with Gasteiger partial charge in [0.2, 0.25) is 0 Å². The quantitative estimate of drug-likeness (QED) is 0.906. The molecule has 1 aromatic carbocycles. The minimum Gasteiger partial charge on any atom is -0.356 e. The van der Waals surface area contributed by atoms with Gasteiger partial charge in [-0.25, -0.2) is 13.4 Å². The molecule has 1 aliphatic heterocycles. The number of benzene rings is 1. The molecule has 1 amide bonds. The van der Waals surface area contributed by atoms with Crippen molar-refractivity contribution in [3.63, 3.8) is 0 Å². The molecular weight excluding hydrogens is 338 g/mol. The number of aryl methyl sites for hydroxylation is 1. The highest BCUT2D eigenvalue weighted by Gasteiger charge is 2.31. The highest BCUT2D eigenvalue weighted by Crippen LogP contribution is 2.22. The van der Waals surface area contributed by atoms with Crippen LogP contribution in [0.15, 0.2) is 42.6 Å². The maximum Gasteiger partial charge on any atom is 0.255 e. The molecule has 0 aliphatic carbocycles. The number of carbonyl (C=O) groups is 1. The minimum atomic E-state index is -2.93. The molecule has 0 bridgehead atoms. The Hall–Kier alpha value is -2.41. The van der Waals surface area contributed by atoms with Crippen LogP contribution >= 0.6 is 0 Å². The van der Waals surface area contributed by atoms with Crippen molar-refractivity contribution >= 4 is 27.2 Å². The lowest BCUT2D eigenvalue weighted by molar-refractivity contribution is 0.102. The summed E-state index contributed by atoms with van der Waals surface area (Å²) in [6, 6.07) is 10.9. The summed E-state index contributed by atoms with van der Waals surface area (Å²) in [4.78, 5) is 18.5. The number of hydrogen-bond acceptors (Lipinski definition) is 5. The van der Waals surface area contributed by atoms with Crippen molar-refractivity contribution in [2.75, 3.05) is 28.8 Å². The number of nitrogens with one attached hydrogen (secondary N) is 1. The predicted molar refractivity (Wildman–Crippen MR) is 98.8 cm³/mol. The van der Waals surface area contributed by atoms with Gasteiger partial charge in [0.05, 0.1) is 23.4 Å². The van der Waals surface area contributed by atoms with Gasteiger partial charge in [-0.15, -0.1) is 0 Å². The zero-order chi connectivity index (χ0) is 18.0. The fourth-order valence-electron chi connectivity index (χ4n) is 2.93. The molecule has 2 heterocycles. The number of aromatic nitrogens is 1. The standard InChI is InChI=1S/C18H21N3O3S/c1-13-4-3-5-14(10-13)18(22)20-15-6-7-17(19-11-15)21(2)16-8-9-25(23,24)12-16/h3-7,10-11,16H,8-9,12H2,1-2H3,(H,20,22). The number of nitrogens with zero attached hydrogens (tertiary/aromatic N) is 2. The molecular formula is C18H21N3O3S. The van der Waals surface area contributed by atoms with Gasteiger partial charge in [-0.05, 0) is 37.6 Å². The minimum absolute atomic E-state index is 0.0507. The van der Waals surface area contributed by atoms with Crippen LogP contribution in [-0.2, 0) is 9.84 Å². The van der Waals surface area contributed by atoms with Crippen LogP contribution in [0.3, 0.4) is 0 Å². The number of rotatable bonds is 4. The lowest BCUT2D eigenvalue weighted by Gasteiger charge is -2.24. The van der Waals surface area contributed by atoms with E-state index in [0.717, 1.165) is 5.56 Å². The first kappa shape index (κ1) is 17.4. The van der Waals surface area contributed by atoms with Crippen LogP contribution in [0.2, 0.25) is 0 Å². The fraction of sp³-hybridized carbons (Fsp3) is 0.333. The molecule has 132 valence electrons. The van der Waals surface area contributed by atoms with Crippen LogP contribution in [0.4, 0.5) is 11.5 Å². The van der Waals surface area contributed by atoms with E-state index in [9.17, 15) is 13.2 Å². The van der Waals surface area contributed by atoms with Gasteiger partial charge in [-0.1, -0.05) is 17.7 Å². The monoisotopic (exact) mass is 359 g/mol. The van der Waals surface area contributed by atoms with Gasteiger partial charge in [-0.2, -0.15) is 0 Å². The molecule has 6 nitrogen and oxygen atoms in total. The Bertz CT molecular complexity index is 879. The third-order valence-corrected chi connectivity index (χ3v) is 6.15. The lowest BCUT2D eigenvalue weighted by Crippen LogP contribution is -2.33. The maximum atomic E-state index is 12.2. The average molecular weight is 359 g/mol. The van der Waals surface area contributed by atoms with Crippen LogP contribution in [-0.4, -0.2) is 43.9 Å². The van der Waals surface area contributed by atoms with Gasteiger partial charge in [0.25, 0.3) is 5.91 Å². The zero-order valence-electron chi connectivity index (χ0n) is 14.3. The molecule has 1 aromatic heterocycles. The van der Waals surface area contributed by atoms with E-state index in [1.807, 2.05) is 37.1 Å². The van der Waals surface area contributed by atoms with Gasteiger partial charge >= 0.3 is 0 Å². The Morgan fingerprint density at radius 3 is 2.68 bits per heavy atom. The summed E-state index contributed by atoms with van der Waals surface area (Å²) in [5.74, 6) is 0.896. The highest BCUT2D eigenvalue weighted by molar-refractivity contribution is 7.91. The summed E-state index contributed by atoms with van der Waals surface area (Å²) in [7, 11) is -1.09. The number of sulfone groups is 1. The molecule has 1 aliphatic rings. The van der Waals surface area contributed by atoms with Crippen LogP contribution in [0, 0.1) is 6.92 Å². The second kappa shape index (κ2) is 6.84. The third-order valence-electron chi connectivity index (χ3n) is 4.40. The van der Waals surface area contributed by atoms with Crippen molar-refractivity contribution in [1.82, 2.24) is 4.98 Å². The van der Waals surface area contributed by atoms with Crippen LogP contribution in [0.1, 0.15) is 22.3 Å². The average Bonchev–Trinajstić information content (AvgIpc) is 2.95. The van der Waals surface area contributed by atoms with Crippen LogP contribution in [0.5, 0.6) is 0 Å². The Labute approximate surface area is 147 Å². The largest absolute Gasteiger partial charge is 0.356 e. The fourth-order valence-corrected chi connectivity index (χ4v) is 4.70. The van der Waals surface area contributed by atoms with Gasteiger partial charge in [0.15, 0.2) is 9.84 Å². The Morgan fingerprint density at radius 2 is 2.08 bits per heavy atom. The van der Waals surface area contributed by atoms with E-state index in [1.165, 1.54) is 0 Å². The number of hydrogen-bond donors (Lipinski definition) is 1. The summed E-state index contributed by atoms with van der Waals surface area (Å²) in [6.45, 7) is 1.94. The summed E-state index contributed by atoms with van der Waals surface area (Å²) < 4.78 is 23.2. The first-order chi connectivity index (χ1) is 11.8. The SMILES string of the molecule is Cc1cccc(C(=O)Nc2ccc(N(C)C3CCS(=O)(=O)C3)nc2)c1. The van der Waals surface area contributed by atoms with Crippen molar-refractivity contribution < 1.29 is 13.2 Å². The smallest absolute Gasteiger partial charge is 0.255 e. The van der Waals surface area contributed by atoms with E-state index in [4.69, 9.17) is 0 Å². The summed E-state index contributed by atoms with van der Waals surface area (Å²) in [6.07, 6.45) is 2.20. The maximum absolute atomic E-state index is 12.2. The summed E-state index contributed by atoms with van der Waals surface area (Å²) in [5.41, 5.74) is 2.22. The molecule has 0 spiro atoms. The second-order valence-corrected chi connectivity index (χ2v) is 8.63. The Balaban J connectivity index is 1.67. The van der Waals surface area contributed by atoms with E-state index < -0.39 is 9.84 Å². The van der Waals surface area contributed by atoms with E-state index in [1.54, 1.807) is 24.4 Å². The van der Waals surface area contributed by atoms with Gasteiger partial charge in [0, 0.05) is 18.7 Å². The van der Waals surface area contributed by atoms with Crippen molar-refractivity contribution in [1.29, 1.82) is 0 Å².